The van der Waals surface area contributed by atoms with E-state index < -0.39 is 0 Å². The zero-order chi connectivity index (χ0) is 21.3. The van der Waals surface area contributed by atoms with Crippen LogP contribution in [0.15, 0.2) is 62.3 Å². The summed E-state index contributed by atoms with van der Waals surface area (Å²) in [6, 6.07) is 16.0. The van der Waals surface area contributed by atoms with Crippen molar-refractivity contribution in [1.82, 2.24) is 15.6 Å². The van der Waals surface area contributed by atoms with Crippen LogP contribution in [0.5, 0.6) is 5.75 Å². The van der Waals surface area contributed by atoms with Crippen LogP contribution in [0, 0.1) is 6.92 Å². The van der Waals surface area contributed by atoms with Gasteiger partial charge in [-0.2, -0.15) is 5.10 Å². The summed E-state index contributed by atoms with van der Waals surface area (Å²) in [6.45, 7) is 3.91. The fourth-order valence-electron chi connectivity index (χ4n) is 2.36. The van der Waals surface area contributed by atoms with Crippen LogP contribution in [-0.4, -0.2) is 34.7 Å². The Bertz CT molecular complexity index is 1020. The Morgan fingerprint density at radius 1 is 1.13 bits per heavy atom. The molecular weight excluding hydrogens is 436 g/mol. The fourth-order valence-corrected chi connectivity index (χ4v) is 5.13. The summed E-state index contributed by atoms with van der Waals surface area (Å²) in [5, 5.41) is 12.5. The van der Waals surface area contributed by atoms with Gasteiger partial charge in [0.15, 0.2) is 8.68 Å². The number of benzene rings is 2. The highest BCUT2D eigenvalue weighted by atomic mass is 32.2. The Balaban J connectivity index is 1.45. The normalized spacial score (nSPS) is 11.4. The minimum absolute atomic E-state index is 0.189. The van der Waals surface area contributed by atoms with Crippen molar-refractivity contribution in [3.63, 3.8) is 0 Å². The number of amides is 1. The molecule has 9 heteroatoms. The minimum Gasteiger partial charge on any atom is -0.497 e. The third-order valence-electron chi connectivity index (χ3n) is 4.03. The van der Waals surface area contributed by atoms with E-state index in [0.717, 1.165) is 25.7 Å². The lowest BCUT2D eigenvalue weighted by molar-refractivity contribution is -0.118. The van der Waals surface area contributed by atoms with E-state index in [1.165, 1.54) is 34.2 Å². The van der Waals surface area contributed by atoms with Gasteiger partial charge in [-0.3, -0.25) is 4.79 Å². The highest BCUT2D eigenvalue weighted by Crippen LogP contribution is 2.30. The number of hydrogen-bond acceptors (Lipinski definition) is 8. The molecule has 30 heavy (non-hydrogen) atoms. The van der Waals surface area contributed by atoms with Crippen LogP contribution in [0.25, 0.3) is 0 Å². The smallest absolute Gasteiger partial charge is 0.250 e. The first-order valence-electron chi connectivity index (χ1n) is 9.15. The molecule has 1 heterocycles. The first kappa shape index (κ1) is 22.3. The van der Waals surface area contributed by atoms with Crippen LogP contribution < -0.4 is 10.2 Å². The Hall–Kier alpha value is -2.36. The molecule has 3 rings (SSSR count). The molecule has 1 N–H and O–H groups in total. The molecule has 0 aliphatic rings. The van der Waals surface area contributed by atoms with Crippen LogP contribution in [0.3, 0.4) is 0 Å². The Morgan fingerprint density at radius 3 is 2.60 bits per heavy atom. The number of thioether (sulfide) groups is 2. The number of nitrogens with one attached hydrogen (secondary N) is 1. The molecule has 0 spiro atoms. The van der Waals surface area contributed by atoms with E-state index in [1.807, 2.05) is 31.2 Å². The molecule has 1 aromatic heterocycles. The van der Waals surface area contributed by atoms with Crippen molar-refractivity contribution in [2.24, 2.45) is 5.10 Å². The zero-order valence-corrected chi connectivity index (χ0v) is 19.4. The third-order valence-corrected chi connectivity index (χ3v) is 7.29. The molecule has 0 fully saturated rings. The first-order valence-corrected chi connectivity index (χ1v) is 11.9. The summed E-state index contributed by atoms with van der Waals surface area (Å²) in [4.78, 5) is 12.1. The van der Waals surface area contributed by atoms with E-state index in [2.05, 4.69) is 51.9 Å². The number of rotatable bonds is 9. The summed E-state index contributed by atoms with van der Waals surface area (Å²) in [5.74, 6) is 1.63. The number of methoxy groups -OCH3 is 1. The topological polar surface area (TPSA) is 76.5 Å². The summed E-state index contributed by atoms with van der Waals surface area (Å²) < 4.78 is 6.87. The number of ether oxygens (including phenoxy) is 1. The van der Waals surface area contributed by atoms with Gasteiger partial charge in [0.25, 0.3) is 5.91 Å². The molecule has 2 aromatic carbocycles. The predicted octanol–water partition coefficient (Wildman–Crippen LogP) is 4.78. The number of hydrazone groups is 1. The molecule has 156 valence electrons. The van der Waals surface area contributed by atoms with Crippen molar-refractivity contribution in [2.45, 2.75) is 28.3 Å². The summed E-state index contributed by atoms with van der Waals surface area (Å²) in [5.41, 5.74) is 6.68. The van der Waals surface area contributed by atoms with E-state index in [1.54, 1.807) is 18.9 Å². The fraction of sp³-hybridized carbons (Fsp3) is 0.238. The quantitative estimate of drug-likeness (QED) is 0.282. The largest absolute Gasteiger partial charge is 0.497 e. The van der Waals surface area contributed by atoms with Crippen LogP contribution in [0.4, 0.5) is 0 Å². The van der Waals surface area contributed by atoms with E-state index in [0.29, 0.717) is 5.71 Å². The molecule has 0 aliphatic carbocycles. The lowest BCUT2D eigenvalue weighted by atomic mass is 10.1. The Morgan fingerprint density at radius 2 is 1.87 bits per heavy atom. The van der Waals surface area contributed by atoms with Crippen molar-refractivity contribution >= 4 is 46.5 Å². The molecule has 3 aromatic rings. The average Bonchev–Trinajstić information content (AvgIpc) is 3.23. The summed E-state index contributed by atoms with van der Waals surface area (Å²) in [6.07, 6.45) is 0. The molecule has 0 aliphatic heterocycles. The maximum absolute atomic E-state index is 12.1. The average molecular weight is 459 g/mol. The van der Waals surface area contributed by atoms with Gasteiger partial charge in [0.1, 0.15) is 5.75 Å². The number of carbonyl (C=O) groups is 1. The number of aromatic nitrogens is 2. The minimum atomic E-state index is -0.189. The molecule has 0 radical (unpaired) electrons. The SMILES string of the molecule is COc1cccc(/C(C)=N/NC(=O)CSc2nnc(SCc3ccc(C)cc3)s2)c1. The van der Waals surface area contributed by atoms with Gasteiger partial charge in [0.2, 0.25) is 0 Å². The lowest BCUT2D eigenvalue weighted by Crippen LogP contribution is -2.21. The van der Waals surface area contributed by atoms with Crippen molar-refractivity contribution in [2.75, 3.05) is 12.9 Å². The second kappa shape index (κ2) is 11.1. The van der Waals surface area contributed by atoms with Crippen LogP contribution in [0.1, 0.15) is 23.6 Å². The van der Waals surface area contributed by atoms with E-state index in [-0.39, 0.29) is 11.7 Å². The van der Waals surface area contributed by atoms with Gasteiger partial charge in [-0.05, 0) is 31.5 Å². The molecule has 0 atom stereocenters. The van der Waals surface area contributed by atoms with Crippen LogP contribution in [-0.2, 0) is 10.5 Å². The maximum Gasteiger partial charge on any atom is 0.250 e. The van der Waals surface area contributed by atoms with Crippen LogP contribution >= 0.6 is 34.9 Å². The number of carbonyl (C=O) groups excluding carboxylic acids is 1. The van der Waals surface area contributed by atoms with Gasteiger partial charge < -0.3 is 4.74 Å². The van der Waals surface area contributed by atoms with Crippen molar-refractivity contribution in [1.29, 1.82) is 0 Å². The third kappa shape index (κ3) is 6.86. The summed E-state index contributed by atoms with van der Waals surface area (Å²) >= 11 is 4.50. The Labute approximate surface area is 188 Å². The van der Waals surface area contributed by atoms with E-state index in [4.69, 9.17) is 4.74 Å². The standard InChI is InChI=1S/C21H22N4O2S3/c1-14-7-9-16(10-8-14)12-28-20-24-25-21(30-20)29-13-19(26)23-22-15(2)17-5-4-6-18(11-17)27-3/h4-11H,12-13H2,1-3H3,(H,23,26)/b22-15+. The van der Waals surface area contributed by atoms with Crippen LogP contribution in [0.2, 0.25) is 0 Å². The first-order chi connectivity index (χ1) is 14.5. The number of hydrogen-bond donors (Lipinski definition) is 1. The van der Waals surface area contributed by atoms with Gasteiger partial charge in [-0.1, -0.05) is 76.8 Å². The second-order valence-corrected chi connectivity index (χ2v) is 9.78. The molecule has 6 nitrogen and oxygen atoms in total. The molecule has 0 bridgehead atoms. The molecule has 0 unspecified atom stereocenters. The van der Waals surface area contributed by atoms with Crippen molar-refractivity contribution < 1.29 is 9.53 Å². The predicted molar refractivity (Wildman–Crippen MR) is 125 cm³/mol. The highest BCUT2D eigenvalue weighted by molar-refractivity contribution is 8.03. The van der Waals surface area contributed by atoms with Gasteiger partial charge in [0.05, 0.1) is 18.6 Å². The lowest BCUT2D eigenvalue weighted by Gasteiger charge is -2.04. The van der Waals surface area contributed by atoms with Gasteiger partial charge in [-0.15, -0.1) is 10.2 Å². The highest BCUT2D eigenvalue weighted by Gasteiger charge is 2.09. The monoisotopic (exact) mass is 458 g/mol. The van der Waals surface area contributed by atoms with Crippen molar-refractivity contribution in [3.8, 4) is 5.75 Å². The zero-order valence-electron chi connectivity index (χ0n) is 16.9. The molecule has 0 saturated heterocycles. The number of aryl methyl sites for hydroxylation is 1. The van der Waals surface area contributed by atoms with E-state index in [9.17, 15) is 4.79 Å². The maximum atomic E-state index is 12.1. The molecule has 1 amide bonds. The van der Waals surface area contributed by atoms with Gasteiger partial charge >= 0.3 is 0 Å². The Kier molecular flexibility index (Phi) is 8.30. The molecular formula is C21H22N4O2S3. The van der Waals surface area contributed by atoms with E-state index >= 15 is 0 Å². The summed E-state index contributed by atoms with van der Waals surface area (Å²) in [7, 11) is 1.62. The van der Waals surface area contributed by atoms with Gasteiger partial charge in [0, 0.05) is 11.3 Å². The van der Waals surface area contributed by atoms with Gasteiger partial charge in [-0.25, -0.2) is 5.43 Å². The molecule has 0 saturated carbocycles. The van der Waals surface area contributed by atoms with Crippen molar-refractivity contribution in [3.05, 3.63) is 65.2 Å². The second-order valence-electron chi connectivity index (χ2n) is 6.36. The number of nitrogens with zero attached hydrogens (tertiary/aromatic N) is 3.